The van der Waals surface area contributed by atoms with Crippen LogP contribution >= 0.6 is 0 Å². The van der Waals surface area contributed by atoms with Crippen molar-refractivity contribution in [2.45, 2.75) is 146 Å². The quantitative estimate of drug-likeness (QED) is 0.235. The van der Waals surface area contributed by atoms with Gasteiger partial charge in [0.15, 0.2) is 0 Å². The minimum absolute atomic E-state index is 0.0261. The Morgan fingerprint density at radius 1 is 1.00 bits per heavy atom. The normalized spacial score (nSPS) is 39.8. The van der Waals surface area contributed by atoms with E-state index >= 15 is 0 Å². The number of carbonyl (C=O) groups excluding carboxylic acids is 3. The molecule has 3 amide bonds. The second kappa shape index (κ2) is 14.8. The number of aliphatic carboxylic acids is 1. The Hall–Kier alpha value is -2.78. The molecule has 0 aromatic rings. The fourth-order valence-electron chi connectivity index (χ4n) is 9.14. The zero-order valence-corrected chi connectivity index (χ0v) is 29.5. The summed E-state index contributed by atoms with van der Waals surface area (Å²) in [6.07, 6.45) is 14.5. The Bertz CT molecular complexity index is 1280. The molecule has 2 saturated heterocycles. The van der Waals surface area contributed by atoms with Gasteiger partial charge < -0.3 is 30.1 Å². The van der Waals surface area contributed by atoms with Crippen LogP contribution in [0.2, 0.25) is 0 Å². The van der Waals surface area contributed by atoms with Gasteiger partial charge in [-0.3, -0.25) is 9.59 Å². The van der Waals surface area contributed by atoms with Gasteiger partial charge in [0.05, 0.1) is 18.3 Å². The number of carboxylic acid groups (broad SMARTS) is 1. The van der Waals surface area contributed by atoms with Crippen molar-refractivity contribution < 1.29 is 33.8 Å². The summed E-state index contributed by atoms with van der Waals surface area (Å²) >= 11 is 0. The second-order valence-corrected chi connectivity index (χ2v) is 16.1. The molecule has 14 heteroatoms. The van der Waals surface area contributed by atoms with Crippen LogP contribution in [-0.4, -0.2) is 94.2 Å². The molecule has 14 nitrogen and oxygen atoms in total. The summed E-state index contributed by atoms with van der Waals surface area (Å²) in [5, 5.41) is 17.7. The van der Waals surface area contributed by atoms with Gasteiger partial charge in [0.2, 0.25) is 11.8 Å². The molecule has 0 aromatic carbocycles. The van der Waals surface area contributed by atoms with Crippen molar-refractivity contribution in [2.75, 3.05) is 13.7 Å². The zero-order valence-electron chi connectivity index (χ0n) is 29.5. The summed E-state index contributed by atoms with van der Waals surface area (Å²) in [6.45, 7) is 5.51. The highest BCUT2D eigenvalue weighted by Gasteiger charge is 2.61. The number of allylic oxidation sites excluding steroid dienone is 1. The van der Waals surface area contributed by atoms with Crippen molar-refractivity contribution in [3.05, 3.63) is 12.2 Å². The van der Waals surface area contributed by atoms with Crippen LogP contribution in [0.1, 0.15) is 104 Å². The molecule has 6 rings (SSSR count). The summed E-state index contributed by atoms with van der Waals surface area (Å²) in [5.41, 5.74) is 8.25. The molecule has 3 aliphatic carbocycles. The number of carboxylic acids is 1. The maximum absolute atomic E-state index is 14.4. The fraction of sp³-hybridized carbons (Fsp3) is 0.829. The Balaban J connectivity index is 1.21. The van der Waals surface area contributed by atoms with Crippen LogP contribution in [-0.2, 0) is 23.9 Å². The molecule has 274 valence electrons. The van der Waals surface area contributed by atoms with Crippen molar-refractivity contribution in [1.82, 2.24) is 37.0 Å². The van der Waals surface area contributed by atoms with Crippen LogP contribution in [0.25, 0.3) is 0 Å². The number of methoxy groups -OCH3 is 1. The van der Waals surface area contributed by atoms with Crippen LogP contribution in [0.4, 0.5) is 4.79 Å². The van der Waals surface area contributed by atoms with E-state index in [1.165, 1.54) is 30.6 Å². The minimum Gasteiger partial charge on any atom is -0.479 e. The van der Waals surface area contributed by atoms with Crippen LogP contribution in [0.5, 0.6) is 0 Å². The molecule has 49 heavy (non-hydrogen) atoms. The molecule has 0 bridgehead atoms. The number of amides is 3. The van der Waals surface area contributed by atoms with Gasteiger partial charge in [0.25, 0.3) is 0 Å². The Morgan fingerprint density at radius 2 is 1.76 bits per heavy atom. The standard InChI is InChI=1S/C35H57N7O7/c1-34(2,3)49-33(47)36-26-15-9-7-5-6-8-12-21-19-35(21,32(45)46)37-30(43)27-18-22(20-41(27)31(26)44)42-39-29(38-40-42)25-16-17-28(48-4)24-14-11-10-13-23(24)25/h8,12,21-29,38-40H,5-7,9-11,13-20H2,1-4H3,(H,36,47)(H,37,43)(H,45,46)/b12-8-/t21-,22-,23?,24?,25?,26+,27+,28?,29?,35-/m1/s1. The average Bonchev–Trinajstić information content (AvgIpc) is 3.36. The van der Waals surface area contributed by atoms with E-state index in [2.05, 4.69) is 27.0 Å². The molecule has 5 fully saturated rings. The first-order valence-electron chi connectivity index (χ1n) is 18.5. The lowest BCUT2D eigenvalue weighted by atomic mass is 9.63. The number of rotatable bonds is 5. The number of alkyl carbamates (subject to hydrolysis) is 1. The number of carbonyl (C=O) groups is 4. The van der Waals surface area contributed by atoms with Crippen LogP contribution in [0, 0.1) is 23.7 Å². The third-order valence-electron chi connectivity index (χ3n) is 11.7. The third-order valence-corrected chi connectivity index (χ3v) is 11.7. The molecule has 3 aliphatic heterocycles. The number of hydrazine groups is 3. The van der Waals surface area contributed by atoms with Crippen molar-refractivity contribution in [3.63, 3.8) is 0 Å². The fourth-order valence-corrected chi connectivity index (χ4v) is 9.14. The van der Waals surface area contributed by atoms with Gasteiger partial charge in [-0.2, -0.15) is 10.7 Å². The summed E-state index contributed by atoms with van der Waals surface area (Å²) in [4.78, 5) is 55.3. The summed E-state index contributed by atoms with van der Waals surface area (Å²) < 4.78 is 11.4. The Morgan fingerprint density at radius 3 is 2.49 bits per heavy atom. The van der Waals surface area contributed by atoms with E-state index in [0.717, 1.165) is 32.1 Å². The van der Waals surface area contributed by atoms with E-state index in [1.807, 2.05) is 24.4 Å². The molecule has 3 heterocycles. The van der Waals surface area contributed by atoms with E-state index in [9.17, 15) is 24.3 Å². The van der Waals surface area contributed by atoms with Crippen molar-refractivity contribution in [3.8, 4) is 0 Å². The highest BCUT2D eigenvalue weighted by atomic mass is 16.6. The molecule has 0 aromatic heterocycles. The van der Waals surface area contributed by atoms with E-state index < -0.39 is 41.2 Å². The minimum atomic E-state index is -1.39. The lowest BCUT2D eigenvalue weighted by Crippen LogP contribution is -2.56. The highest BCUT2D eigenvalue weighted by molar-refractivity contribution is 5.96. The molecule has 3 saturated carbocycles. The van der Waals surface area contributed by atoms with E-state index in [-0.39, 0.29) is 37.0 Å². The number of fused-ring (bicyclic) bond motifs is 3. The number of nitrogens with one attached hydrogen (secondary N) is 5. The van der Waals surface area contributed by atoms with E-state index in [0.29, 0.717) is 43.1 Å². The van der Waals surface area contributed by atoms with Crippen LogP contribution in [0.3, 0.4) is 0 Å². The van der Waals surface area contributed by atoms with Gasteiger partial charge in [0, 0.05) is 19.6 Å². The first-order chi connectivity index (χ1) is 23.4. The molecular weight excluding hydrogens is 630 g/mol. The van der Waals surface area contributed by atoms with Crippen molar-refractivity contribution in [2.24, 2.45) is 23.7 Å². The van der Waals surface area contributed by atoms with Gasteiger partial charge in [-0.05, 0) is 96.3 Å². The lowest BCUT2D eigenvalue weighted by molar-refractivity contribution is -0.145. The van der Waals surface area contributed by atoms with Gasteiger partial charge in [-0.1, -0.05) is 37.8 Å². The topological polar surface area (TPSA) is 174 Å². The first kappa shape index (κ1) is 36.0. The summed E-state index contributed by atoms with van der Waals surface area (Å²) in [6, 6.07) is -2.11. The van der Waals surface area contributed by atoms with Gasteiger partial charge in [-0.15, -0.1) is 0 Å². The van der Waals surface area contributed by atoms with Crippen LogP contribution in [0.15, 0.2) is 12.2 Å². The monoisotopic (exact) mass is 687 g/mol. The zero-order chi connectivity index (χ0) is 34.9. The predicted molar refractivity (Wildman–Crippen MR) is 180 cm³/mol. The molecule has 6 N–H and O–H groups in total. The Labute approximate surface area is 289 Å². The maximum Gasteiger partial charge on any atom is 0.408 e. The third kappa shape index (κ3) is 7.93. The van der Waals surface area contributed by atoms with E-state index in [4.69, 9.17) is 9.47 Å². The smallest absolute Gasteiger partial charge is 0.408 e. The van der Waals surface area contributed by atoms with Crippen molar-refractivity contribution in [1.29, 1.82) is 0 Å². The molecule has 10 atom stereocenters. The summed E-state index contributed by atoms with van der Waals surface area (Å²) in [7, 11) is 1.83. The molecule has 0 radical (unpaired) electrons. The largest absolute Gasteiger partial charge is 0.479 e. The summed E-state index contributed by atoms with van der Waals surface area (Å²) in [5.74, 6) is -0.763. The first-order valence-corrected chi connectivity index (χ1v) is 18.5. The van der Waals surface area contributed by atoms with Gasteiger partial charge >= 0.3 is 12.1 Å². The molecule has 0 spiro atoms. The molecule has 5 unspecified atom stereocenters. The van der Waals surface area contributed by atoms with Crippen LogP contribution < -0.4 is 27.0 Å². The predicted octanol–water partition coefficient (Wildman–Crippen LogP) is 2.72. The van der Waals surface area contributed by atoms with Crippen molar-refractivity contribution >= 4 is 23.9 Å². The number of ether oxygens (including phenoxy) is 2. The van der Waals surface area contributed by atoms with Gasteiger partial charge in [-0.25, -0.2) is 20.4 Å². The number of nitrogens with zero attached hydrogens (tertiary/aromatic N) is 2. The average molecular weight is 688 g/mol. The second-order valence-electron chi connectivity index (χ2n) is 16.1. The molecular formula is C35H57N7O7. The molecule has 6 aliphatic rings. The highest BCUT2D eigenvalue weighted by Crippen LogP contribution is 2.47. The number of hydrogen-bond donors (Lipinski definition) is 6. The SMILES string of the molecule is COC1CCC(C2NNN([C@@H]3C[C@H]4C(=O)N[C@]5(C(=O)O)C[C@H]5/C=C\CCCCC[C@H](NC(=O)OC(C)(C)C)C(=O)N4C3)N2)C2CCCCC12. The number of hydrogen-bond acceptors (Lipinski definition) is 10. The lowest BCUT2D eigenvalue weighted by Gasteiger charge is -2.47. The van der Waals surface area contributed by atoms with E-state index in [1.54, 1.807) is 20.8 Å². The Kier molecular flexibility index (Phi) is 10.9. The maximum atomic E-state index is 14.4. The van der Waals surface area contributed by atoms with Gasteiger partial charge in [0.1, 0.15) is 23.2 Å².